The average molecular weight is 670 g/mol. The predicted molar refractivity (Wildman–Crippen MR) is 174 cm³/mol. The van der Waals surface area contributed by atoms with E-state index in [1.54, 1.807) is 30.3 Å². The summed E-state index contributed by atoms with van der Waals surface area (Å²) >= 11 is 0. The number of aliphatic hydroxyl groups is 1. The summed E-state index contributed by atoms with van der Waals surface area (Å²) < 4.78 is 33.3. The number of hydrogen-bond acceptors (Lipinski definition) is 8. The zero-order valence-electron chi connectivity index (χ0n) is 26.2. The average Bonchev–Trinajstić information content (AvgIpc) is 3.52. The molecule has 1 aromatic heterocycles. The highest BCUT2D eigenvalue weighted by Crippen LogP contribution is 2.34. The van der Waals surface area contributed by atoms with Gasteiger partial charge in [-0.1, -0.05) is 36.8 Å². The van der Waals surface area contributed by atoms with Crippen LogP contribution < -0.4 is 16.0 Å². The molecule has 3 amide bonds. The van der Waals surface area contributed by atoms with Gasteiger partial charge in [-0.15, -0.1) is 4.52 Å². The number of rotatable bonds is 17. The van der Waals surface area contributed by atoms with Crippen LogP contribution in [0.25, 0.3) is 11.6 Å². The van der Waals surface area contributed by atoms with Gasteiger partial charge in [0.1, 0.15) is 18.5 Å². The summed E-state index contributed by atoms with van der Waals surface area (Å²) in [6.07, 6.45) is 3.95. The van der Waals surface area contributed by atoms with Crippen molar-refractivity contribution in [3.8, 4) is 0 Å². The Balaban J connectivity index is 1.34. The lowest BCUT2D eigenvalue weighted by Crippen LogP contribution is -2.40. The van der Waals surface area contributed by atoms with E-state index in [0.29, 0.717) is 60.3 Å². The smallest absolute Gasteiger partial charge is 0.396 e. The minimum absolute atomic E-state index is 0.0471. The van der Waals surface area contributed by atoms with Crippen LogP contribution in [0.4, 0.5) is 10.1 Å². The SMILES string of the molecule is Cc1[nH]c(C=C2C(=O)Nc3ccc(F)cc32)c(C)c1CCC(=O)NC(C(=O)NCCCCC(CO)CO[P+](=O)OO)c1ccccc1. The molecule has 0 fully saturated rings. The third-order valence-corrected chi connectivity index (χ3v) is 8.56. The van der Waals surface area contributed by atoms with Crippen LogP contribution in [0.5, 0.6) is 0 Å². The fourth-order valence-corrected chi connectivity index (χ4v) is 5.87. The van der Waals surface area contributed by atoms with Crippen LogP contribution in [0.2, 0.25) is 0 Å². The molecular weight excluding hydrogens is 630 g/mol. The maximum absolute atomic E-state index is 13.9. The monoisotopic (exact) mass is 669 g/mol. The van der Waals surface area contributed by atoms with E-state index in [0.717, 1.165) is 16.8 Å². The maximum Gasteiger partial charge on any atom is 0.728 e. The Morgan fingerprint density at radius 3 is 2.62 bits per heavy atom. The van der Waals surface area contributed by atoms with E-state index >= 15 is 0 Å². The molecule has 12 nitrogen and oxygen atoms in total. The molecule has 0 aliphatic carbocycles. The zero-order valence-corrected chi connectivity index (χ0v) is 27.1. The number of halogens is 1. The molecule has 47 heavy (non-hydrogen) atoms. The van der Waals surface area contributed by atoms with Crippen molar-refractivity contribution in [3.63, 3.8) is 0 Å². The number of carbonyl (C=O) groups excluding carboxylic acids is 3. The molecule has 1 aliphatic rings. The van der Waals surface area contributed by atoms with Crippen molar-refractivity contribution in [2.45, 2.75) is 52.0 Å². The molecule has 2 aromatic carbocycles. The summed E-state index contributed by atoms with van der Waals surface area (Å²) in [6.45, 7) is 3.86. The second-order valence-electron chi connectivity index (χ2n) is 11.3. The Morgan fingerprint density at radius 1 is 1.13 bits per heavy atom. The summed E-state index contributed by atoms with van der Waals surface area (Å²) in [6, 6.07) is 12.1. The molecule has 3 unspecified atom stereocenters. The van der Waals surface area contributed by atoms with Gasteiger partial charge >= 0.3 is 8.25 Å². The number of carbonyl (C=O) groups is 3. The van der Waals surface area contributed by atoms with Crippen LogP contribution in [-0.2, 0) is 34.6 Å². The Hall–Kier alpha value is -4.26. The minimum atomic E-state index is -2.64. The highest BCUT2D eigenvalue weighted by atomic mass is 31.1. The highest BCUT2D eigenvalue weighted by Gasteiger charge is 2.27. The fourth-order valence-electron chi connectivity index (χ4n) is 5.49. The molecule has 0 bridgehead atoms. The van der Waals surface area contributed by atoms with E-state index in [9.17, 15) is 28.4 Å². The molecule has 6 N–H and O–H groups in total. The number of hydrogen-bond donors (Lipinski definition) is 6. The van der Waals surface area contributed by atoms with E-state index in [2.05, 4.69) is 25.6 Å². The molecule has 3 atom stereocenters. The zero-order chi connectivity index (χ0) is 33.9. The third-order valence-electron chi connectivity index (χ3n) is 8.07. The lowest BCUT2D eigenvalue weighted by molar-refractivity contribution is -0.142. The van der Waals surface area contributed by atoms with Gasteiger partial charge < -0.3 is 26.0 Å². The Labute approximate surface area is 272 Å². The third kappa shape index (κ3) is 9.63. The van der Waals surface area contributed by atoms with Gasteiger partial charge in [-0.2, -0.15) is 0 Å². The van der Waals surface area contributed by atoms with Crippen LogP contribution in [0.1, 0.15) is 65.4 Å². The molecule has 14 heteroatoms. The summed E-state index contributed by atoms with van der Waals surface area (Å²) in [4.78, 5) is 42.2. The number of aliphatic hydroxyl groups excluding tert-OH is 1. The minimum Gasteiger partial charge on any atom is -0.396 e. The number of amides is 3. The lowest BCUT2D eigenvalue weighted by Gasteiger charge is -2.19. The largest absolute Gasteiger partial charge is 0.728 e. The first-order chi connectivity index (χ1) is 22.6. The summed E-state index contributed by atoms with van der Waals surface area (Å²) in [5.41, 5.74) is 5.31. The Morgan fingerprint density at radius 2 is 1.89 bits per heavy atom. The molecule has 0 radical (unpaired) electrons. The fraction of sp³-hybridized carbons (Fsp3) is 0.364. The first-order valence-corrected chi connectivity index (χ1v) is 16.4. The Kier molecular flexibility index (Phi) is 12.9. The predicted octanol–water partition coefficient (Wildman–Crippen LogP) is 5.11. The standard InChI is InChI=1S/C33H38FN4O8P/c1-20-25(21(2)36-29(20)17-27-26-16-24(34)11-13-28(26)37-32(27)41)12-14-30(40)38-31(23-9-4-3-5-10-23)33(42)35-15-7-6-8-22(18-39)19-45-47(44)46-43/h3-5,9-11,13,16-17,22,31,36,39H,6-8,12,14-15,18-19H2,1-2H3,(H3-,35,37,38,40,41,42,43)/p+1. The van der Waals surface area contributed by atoms with Crippen LogP contribution in [-0.4, -0.2) is 52.8 Å². The topological polar surface area (TPSA) is 179 Å². The van der Waals surface area contributed by atoms with Gasteiger partial charge in [0.2, 0.25) is 11.8 Å². The Bertz CT molecular complexity index is 1630. The number of nitrogens with one attached hydrogen (secondary N) is 4. The van der Waals surface area contributed by atoms with Gasteiger partial charge in [-0.3, -0.25) is 14.4 Å². The first kappa shape index (κ1) is 35.6. The number of anilines is 1. The first-order valence-electron chi connectivity index (χ1n) is 15.3. The van der Waals surface area contributed by atoms with Gasteiger partial charge in [-0.25, -0.2) is 9.65 Å². The molecule has 0 saturated carbocycles. The van der Waals surface area contributed by atoms with Crippen LogP contribution >= 0.6 is 8.25 Å². The number of aryl methyl sites for hydroxylation is 1. The van der Waals surface area contributed by atoms with Gasteiger partial charge in [0.25, 0.3) is 5.91 Å². The summed E-state index contributed by atoms with van der Waals surface area (Å²) in [7, 11) is -2.64. The second-order valence-corrected chi connectivity index (χ2v) is 12.2. The number of fused-ring (bicyclic) bond motifs is 1. The molecule has 3 aromatic rings. The summed E-state index contributed by atoms with van der Waals surface area (Å²) in [5.74, 6) is -1.75. The van der Waals surface area contributed by atoms with Gasteiger partial charge in [0.05, 0.1) is 10.2 Å². The van der Waals surface area contributed by atoms with Crippen LogP contribution in [0.15, 0.2) is 48.5 Å². The lowest BCUT2D eigenvalue weighted by atomic mass is 10.0. The van der Waals surface area contributed by atoms with Crippen molar-refractivity contribution < 1.29 is 42.9 Å². The second kappa shape index (κ2) is 17.1. The molecule has 2 heterocycles. The highest BCUT2D eigenvalue weighted by molar-refractivity contribution is 7.33. The maximum atomic E-state index is 13.9. The number of H-pyrrole nitrogens is 1. The molecule has 250 valence electrons. The molecule has 0 spiro atoms. The quantitative estimate of drug-likeness (QED) is 0.0377. The van der Waals surface area contributed by atoms with E-state index < -0.39 is 20.1 Å². The van der Waals surface area contributed by atoms with Gasteiger partial charge in [0.15, 0.2) is 0 Å². The van der Waals surface area contributed by atoms with Crippen molar-refractivity contribution in [2.75, 3.05) is 25.1 Å². The van der Waals surface area contributed by atoms with E-state index in [1.807, 2.05) is 19.9 Å². The van der Waals surface area contributed by atoms with Crippen LogP contribution in [0.3, 0.4) is 0 Å². The van der Waals surface area contributed by atoms with Crippen LogP contribution in [0, 0.1) is 25.6 Å². The van der Waals surface area contributed by atoms with Crippen molar-refractivity contribution >= 4 is 43.3 Å². The van der Waals surface area contributed by atoms with Crippen molar-refractivity contribution in [1.29, 1.82) is 0 Å². The van der Waals surface area contributed by atoms with Crippen molar-refractivity contribution in [1.82, 2.24) is 15.6 Å². The number of aromatic nitrogens is 1. The summed E-state index contributed by atoms with van der Waals surface area (Å²) in [5, 5.41) is 26.3. The molecule has 1 aliphatic heterocycles. The van der Waals surface area contributed by atoms with Gasteiger partial charge in [0, 0.05) is 52.7 Å². The normalized spacial score (nSPS) is 14.8. The number of aromatic amines is 1. The molecule has 0 saturated heterocycles. The van der Waals surface area contributed by atoms with E-state index in [4.69, 9.17) is 9.78 Å². The van der Waals surface area contributed by atoms with Crippen molar-refractivity contribution in [2.24, 2.45) is 5.92 Å². The number of unbranched alkanes of at least 4 members (excludes halogenated alkanes) is 1. The molecular formula is C33H39FN4O8P+. The number of benzene rings is 2. The van der Waals surface area contributed by atoms with Crippen molar-refractivity contribution in [3.05, 3.63) is 88.0 Å². The van der Waals surface area contributed by atoms with Gasteiger partial charge in [-0.05, 0) is 74.1 Å². The molecule has 4 rings (SSSR count). The van der Waals surface area contributed by atoms with E-state index in [-0.39, 0.29) is 43.3 Å². The van der Waals surface area contributed by atoms with E-state index in [1.165, 1.54) is 18.2 Å².